The van der Waals surface area contributed by atoms with Crippen molar-refractivity contribution < 1.29 is 28.2 Å². The number of fused-ring (bicyclic) bond motifs is 1. The van der Waals surface area contributed by atoms with Crippen LogP contribution in [0.4, 0.5) is 25.5 Å². The van der Waals surface area contributed by atoms with Crippen molar-refractivity contribution in [3.05, 3.63) is 53.8 Å². The van der Waals surface area contributed by atoms with E-state index >= 15 is 4.39 Å². The smallest absolute Gasteiger partial charge is 0.413 e. The van der Waals surface area contributed by atoms with Crippen molar-refractivity contribution in [1.29, 1.82) is 5.26 Å². The van der Waals surface area contributed by atoms with Gasteiger partial charge in [0.2, 0.25) is 0 Å². The zero-order chi connectivity index (χ0) is 34.1. The molecule has 2 N–H and O–H groups in total. The fraction of sp³-hybridized carbons (Fsp3) is 0.382. The minimum absolute atomic E-state index is 0.0916. The van der Waals surface area contributed by atoms with Gasteiger partial charge in [0.15, 0.2) is 11.5 Å². The van der Waals surface area contributed by atoms with Gasteiger partial charge in [0.25, 0.3) is 0 Å². The lowest BCUT2D eigenvalue weighted by atomic mass is 9.93. The second-order valence-corrected chi connectivity index (χ2v) is 13.1. The second kappa shape index (κ2) is 12.8. The molecular weight excluding hydrogens is 605 g/mol. The van der Waals surface area contributed by atoms with Gasteiger partial charge in [0.1, 0.15) is 28.8 Å². The Morgan fingerprint density at radius 1 is 0.979 bits per heavy atom. The normalized spacial score (nSPS) is 13.7. The van der Waals surface area contributed by atoms with Gasteiger partial charge in [-0.05, 0) is 71.4 Å². The number of pyridine rings is 1. The van der Waals surface area contributed by atoms with Crippen LogP contribution in [0.5, 0.6) is 5.75 Å². The van der Waals surface area contributed by atoms with Crippen LogP contribution in [0.2, 0.25) is 0 Å². The summed E-state index contributed by atoms with van der Waals surface area (Å²) >= 11 is 0. The van der Waals surface area contributed by atoms with Crippen LogP contribution >= 0.6 is 0 Å². The molecule has 1 aliphatic heterocycles. The highest BCUT2D eigenvalue weighted by atomic mass is 19.1. The van der Waals surface area contributed by atoms with E-state index < -0.39 is 23.1 Å². The van der Waals surface area contributed by atoms with Crippen molar-refractivity contribution in [2.45, 2.75) is 52.7 Å². The molecule has 0 unspecified atom stereocenters. The Morgan fingerprint density at radius 3 is 2.21 bits per heavy atom. The van der Waals surface area contributed by atoms with Gasteiger partial charge in [-0.25, -0.2) is 19.0 Å². The van der Waals surface area contributed by atoms with Crippen molar-refractivity contribution in [3.63, 3.8) is 0 Å². The molecule has 2 amide bonds. The van der Waals surface area contributed by atoms with Gasteiger partial charge in [-0.3, -0.25) is 10.4 Å². The van der Waals surface area contributed by atoms with Crippen LogP contribution in [-0.2, 0) is 9.47 Å². The highest BCUT2D eigenvalue weighted by Gasteiger charge is 2.28. The van der Waals surface area contributed by atoms with Gasteiger partial charge in [-0.1, -0.05) is 12.1 Å². The van der Waals surface area contributed by atoms with Crippen molar-refractivity contribution in [2.24, 2.45) is 0 Å². The Balaban J connectivity index is 1.54. The maximum atomic E-state index is 15.4. The van der Waals surface area contributed by atoms with E-state index in [9.17, 15) is 14.9 Å². The lowest BCUT2D eigenvalue weighted by Gasteiger charge is -2.36. The number of hydrogen-bond acceptors (Lipinski definition) is 9. The van der Waals surface area contributed by atoms with Crippen molar-refractivity contribution >= 4 is 34.7 Å². The zero-order valence-corrected chi connectivity index (χ0v) is 27.5. The lowest BCUT2D eigenvalue weighted by Crippen LogP contribution is -2.50. The number of piperazine rings is 1. The first-order valence-electron chi connectivity index (χ1n) is 15.2. The predicted octanol–water partition coefficient (Wildman–Crippen LogP) is 6.72. The molecule has 2 aromatic heterocycles. The highest BCUT2D eigenvalue weighted by molar-refractivity contribution is 6.08. The summed E-state index contributed by atoms with van der Waals surface area (Å²) in [5, 5.41) is 20.6. The second-order valence-electron chi connectivity index (χ2n) is 13.1. The number of rotatable bonds is 5. The minimum Gasteiger partial charge on any atom is -0.497 e. The molecule has 5 rings (SSSR count). The van der Waals surface area contributed by atoms with E-state index in [2.05, 4.69) is 31.5 Å². The van der Waals surface area contributed by atoms with Gasteiger partial charge >= 0.3 is 12.2 Å². The summed E-state index contributed by atoms with van der Waals surface area (Å²) in [7, 11) is 1.44. The first-order chi connectivity index (χ1) is 22.2. The number of hydrogen-bond donors (Lipinski definition) is 2. The summed E-state index contributed by atoms with van der Waals surface area (Å²) in [6, 6.07) is 14.1. The van der Waals surface area contributed by atoms with Crippen molar-refractivity contribution in [3.8, 4) is 34.2 Å². The maximum absolute atomic E-state index is 15.4. The van der Waals surface area contributed by atoms with Crippen molar-refractivity contribution in [2.75, 3.05) is 43.5 Å². The summed E-state index contributed by atoms with van der Waals surface area (Å²) in [5.74, 6) is -0.192. The zero-order valence-electron chi connectivity index (χ0n) is 27.5. The van der Waals surface area contributed by atoms with Gasteiger partial charge < -0.3 is 24.0 Å². The first kappa shape index (κ1) is 33.0. The number of nitriles is 1. The number of H-pyrrole nitrogens is 1. The van der Waals surface area contributed by atoms with E-state index in [4.69, 9.17) is 14.2 Å². The molecule has 12 nitrogen and oxygen atoms in total. The van der Waals surface area contributed by atoms with Crippen LogP contribution in [-0.4, -0.2) is 76.8 Å². The van der Waals surface area contributed by atoms with E-state index in [0.29, 0.717) is 48.4 Å². The number of nitrogens with zero attached hydrogens (tertiary/aromatic N) is 5. The van der Waals surface area contributed by atoms with Gasteiger partial charge in [0.05, 0.1) is 23.8 Å². The number of methoxy groups -OCH3 is 1. The number of carbonyl (C=O) groups excluding carboxylic acids is 2. The van der Waals surface area contributed by atoms with Gasteiger partial charge in [-0.15, -0.1) is 0 Å². The van der Waals surface area contributed by atoms with E-state index in [0.717, 1.165) is 5.69 Å². The third-order valence-corrected chi connectivity index (χ3v) is 7.32. The van der Waals surface area contributed by atoms with E-state index in [1.54, 1.807) is 31.7 Å². The minimum atomic E-state index is -0.762. The maximum Gasteiger partial charge on any atom is 0.413 e. The lowest BCUT2D eigenvalue weighted by molar-refractivity contribution is 0.0240. The average molecular weight is 644 g/mol. The molecule has 0 aliphatic carbocycles. The molecule has 13 heteroatoms. The molecule has 1 fully saturated rings. The molecule has 0 bridgehead atoms. The molecule has 1 aliphatic rings. The third-order valence-electron chi connectivity index (χ3n) is 7.32. The quantitative estimate of drug-likeness (QED) is 0.242. The molecule has 3 heterocycles. The molecule has 0 atom stereocenters. The van der Waals surface area contributed by atoms with Gasteiger partial charge in [-0.2, -0.15) is 10.4 Å². The van der Waals surface area contributed by atoms with Crippen LogP contribution in [0.15, 0.2) is 42.5 Å². The number of anilines is 2. The Morgan fingerprint density at radius 2 is 1.64 bits per heavy atom. The number of aromatic amines is 1. The SMILES string of the molecule is COc1ccc(-c2nc3[nH]nc(NC(=O)OC(C)(C)C)c3c(-c3ccc(N4CCN(C(=O)OC(C)(C)C)CC4)cc3)c2C#N)c(F)c1. The Kier molecular flexibility index (Phi) is 8.98. The van der Waals surface area contributed by atoms with E-state index in [-0.39, 0.29) is 34.4 Å². The van der Waals surface area contributed by atoms with Crippen LogP contribution in [0, 0.1) is 17.1 Å². The molecule has 1 saturated heterocycles. The molecule has 0 radical (unpaired) electrons. The Labute approximate surface area is 272 Å². The number of carbonyl (C=O) groups is 2. The fourth-order valence-corrected chi connectivity index (χ4v) is 5.27. The molecular formula is C34H38FN7O5. The number of aromatic nitrogens is 3. The summed E-state index contributed by atoms with van der Waals surface area (Å²) in [6.07, 6.45) is -1.07. The Hall–Kier alpha value is -5.38. The monoisotopic (exact) mass is 643 g/mol. The van der Waals surface area contributed by atoms with E-state index in [1.165, 1.54) is 19.2 Å². The van der Waals surface area contributed by atoms with Crippen LogP contribution in [0.25, 0.3) is 33.4 Å². The average Bonchev–Trinajstić information content (AvgIpc) is 3.40. The summed E-state index contributed by atoms with van der Waals surface area (Å²) in [4.78, 5) is 33.7. The standard InChI is InChI=1S/C34H38FN7O5/c1-33(2,3)46-31(43)38-30-27-26(24(19-36)28(37-29(27)39-40-30)23-13-12-22(45-7)18-25(23)35)20-8-10-21(11-9-20)41-14-16-42(17-15-41)32(44)47-34(4,5)6/h8-13,18H,14-17H2,1-7H3,(H2,37,38,39,40,43). The molecule has 47 heavy (non-hydrogen) atoms. The largest absolute Gasteiger partial charge is 0.497 e. The number of nitrogens with one attached hydrogen (secondary N) is 2. The molecule has 4 aromatic rings. The third kappa shape index (κ3) is 7.38. The first-order valence-corrected chi connectivity index (χ1v) is 15.2. The topological polar surface area (TPSA) is 146 Å². The number of amides is 2. The molecule has 2 aromatic carbocycles. The number of ether oxygens (including phenoxy) is 3. The van der Waals surface area contributed by atoms with Gasteiger partial charge in [0, 0.05) is 49.1 Å². The Bertz CT molecular complexity index is 1840. The number of benzene rings is 2. The van der Waals surface area contributed by atoms with Crippen LogP contribution in [0.1, 0.15) is 47.1 Å². The molecule has 246 valence electrons. The summed E-state index contributed by atoms with van der Waals surface area (Å²) in [5.41, 5.74) is 1.14. The number of halogens is 1. The molecule has 0 saturated carbocycles. The molecule has 0 spiro atoms. The van der Waals surface area contributed by atoms with Crippen molar-refractivity contribution in [1.82, 2.24) is 20.1 Å². The summed E-state index contributed by atoms with van der Waals surface area (Å²) < 4.78 is 31.5. The van der Waals surface area contributed by atoms with Crippen LogP contribution in [0.3, 0.4) is 0 Å². The van der Waals surface area contributed by atoms with Crippen LogP contribution < -0.4 is 15.0 Å². The fourth-order valence-electron chi connectivity index (χ4n) is 5.27. The van der Waals surface area contributed by atoms with E-state index in [1.807, 2.05) is 45.0 Å². The highest BCUT2D eigenvalue weighted by Crippen LogP contribution is 2.40. The predicted molar refractivity (Wildman–Crippen MR) is 176 cm³/mol. The summed E-state index contributed by atoms with van der Waals surface area (Å²) in [6.45, 7) is 13.0.